The Morgan fingerprint density at radius 3 is 2.64 bits per heavy atom. The van der Waals surface area contributed by atoms with Gasteiger partial charge in [0, 0.05) is 0 Å². The van der Waals surface area contributed by atoms with Gasteiger partial charge in [0.2, 0.25) is 0 Å². The minimum absolute atomic E-state index is 0.221. The van der Waals surface area contributed by atoms with Crippen molar-refractivity contribution in [3.05, 3.63) is 59.9 Å². The molecule has 0 fully saturated rings. The summed E-state index contributed by atoms with van der Waals surface area (Å²) in [7, 11) is 0. The summed E-state index contributed by atoms with van der Waals surface area (Å²) in [6, 6.07) is 16.5. The van der Waals surface area contributed by atoms with Crippen LogP contribution in [0.3, 0.4) is 0 Å². The maximum atomic E-state index is 9.33. The van der Waals surface area contributed by atoms with Gasteiger partial charge in [-0.3, -0.25) is 0 Å². The van der Waals surface area contributed by atoms with E-state index in [1.807, 2.05) is 41.0 Å². The van der Waals surface area contributed by atoms with Crippen LogP contribution in [0.15, 0.2) is 48.5 Å². The summed E-state index contributed by atoms with van der Waals surface area (Å²) < 4.78 is 1.86. The van der Waals surface area contributed by atoms with Crippen LogP contribution in [0.2, 0.25) is 0 Å². The molecule has 0 aliphatic heterocycles. The van der Waals surface area contributed by atoms with Crippen molar-refractivity contribution >= 4 is 11.0 Å². The number of nitrogens with two attached hydrogens (primary N) is 1. The molecule has 0 aliphatic rings. The van der Waals surface area contributed by atoms with Gasteiger partial charge in [0.25, 0.3) is 0 Å². The third-order valence-corrected chi connectivity index (χ3v) is 3.64. The zero-order chi connectivity index (χ0) is 15.5. The second-order valence-electron chi connectivity index (χ2n) is 5.18. The van der Waals surface area contributed by atoms with Gasteiger partial charge in [0.15, 0.2) is 0 Å². The van der Waals surface area contributed by atoms with Gasteiger partial charge in [-0.05, 0) is 36.2 Å². The Hall–Kier alpha value is -2.84. The number of benzene rings is 2. The van der Waals surface area contributed by atoms with E-state index in [-0.39, 0.29) is 18.3 Å². The lowest BCUT2D eigenvalue weighted by molar-refractivity contribution is 0.475. The van der Waals surface area contributed by atoms with Gasteiger partial charge in [-0.15, -0.1) is 0 Å². The number of phenolic OH excluding ortho intramolecular Hbond substituents is 1. The average Bonchev–Trinajstić information content (AvgIpc) is 2.89. The van der Waals surface area contributed by atoms with E-state index in [2.05, 4.69) is 11.1 Å². The molecule has 0 spiro atoms. The highest BCUT2D eigenvalue weighted by Crippen LogP contribution is 2.22. The molecule has 5 nitrogen and oxygen atoms in total. The monoisotopic (exact) mass is 292 g/mol. The Morgan fingerprint density at radius 2 is 1.91 bits per heavy atom. The molecule has 0 amide bonds. The summed E-state index contributed by atoms with van der Waals surface area (Å²) in [4.78, 5) is 4.58. The number of imidazole rings is 1. The number of nitriles is 1. The first-order valence-electron chi connectivity index (χ1n) is 7.04. The molecule has 1 aromatic heterocycles. The maximum Gasteiger partial charge on any atom is 0.128 e. The highest BCUT2D eigenvalue weighted by molar-refractivity contribution is 5.76. The first kappa shape index (κ1) is 14.1. The molecule has 1 atom stereocenters. The number of phenols is 1. The molecule has 1 heterocycles. The molecule has 0 saturated carbocycles. The Balaban J connectivity index is 1.96. The van der Waals surface area contributed by atoms with E-state index in [4.69, 9.17) is 11.0 Å². The fourth-order valence-corrected chi connectivity index (χ4v) is 2.59. The van der Waals surface area contributed by atoms with Gasteiger partial charge in [-0.25, -0.2) is 4.98 Å². The van der Waals surface area contributed by atoms with Crippen molar-refractivity contribution in [1.82, 2.24) is 9.55 Å². The van der Waals surface area contributed by atoms with Crippen molar-refractivity contribution in [2.24, 2.45) is 5.73 Å². The summed E-state index contributed by atoms with van der Waals surface area (Å²) in [6.07, 6.45) is 0.592. The fourth-order valence-electron chi connectivity index (χ4n) is 2.59. The predicted octanol–water partition coefficient (Wildman–Crippen LogP) is 2.51. The minimum Gasteiger partial charge on any atom is -0.508 e. The number of para-hydroxylation sites is 2. The first-order valence-corrected chi connectivity index (χ1v) is 7.04. The summed E-state index contributed by atoms with van der Waals surface area (Å²) in [5.74, 6) is 0.935. The zero-order valence-corrected chi connectivity index (χ0v) is 12.0. The number of nitrogens with zero attached hydrogens (tertiary/aromatic N) is 3. The van der Waals surface area contributed by atoms with Gasteiger partial charge in [-0.2, -0.15) is 5.26 Å². The first-order chi connectivity index (χ1) is 10.7. The smallest absolute Gasteiger partial charge is 0.128 e. The van der Waals surface area contributed by atoms with Crippen molar-refractivity contribution in [2.75, 3.05) is 0 Å². The molecule has 110 valence electrons. The summed E-state index contributed by atoms with van der Waals surface area (Å²) in [5.41, 5.74) is 9.08. The number of aromatic nitrogens is 2. The Kier molecular flexibility index (Phi) is 3.77. The van der Waals surface area contributed by atoms with Crippen molar-refractivity contribution in [1.29, 1.82) is 5.26 Å². The molecule has 22 heavy (non-hydrogen) atoms. The average molecular weight is 292 g/mol. The molecule has 0 aliphatic carbocycles. The zero-order valence-electron chi connectivity index (χ0n) is 12.0. The van der Waals surface area contributed by atoms with Crippen LogP contribution in [0.1, 0.15) is 17.4 Å². The Bertz CT molecular complexity index is 830. The van der Waals surface area contributed by atoms with Gasteiger partial charge in [-0.1, -0.05) is 24.3 Å². The van der Waals surface area contributed by atoms with Crippen LogP contribution in [0.5, 0.6) is 5.75 Å². The summed E-state index contributed by atoms with van der Waals surface area (Å²) in [6.45, 7) is 0.221. The molecule has 3 aromatic rings. The molecular weight excluding hydrogens is 276 g/mol. The largest absolute Gasteiger partial charge is 0.508 e. The van der Waals surface area contributed by atoms with Crippen molar-refractivity contribution in [3.8, 4) is 11.8 Å². The van der Waals surface area contributed by atoms with Crippen LogP contribution in [-0.2, 0) is 13.0 Å². The van der Waals surface area contributed by atoms with Crippen LogP contribution in [-0.4, -0.2) is 14.7 Å². The molecule has 3 N–H and O–H groups in total. The Labute approximate surface area is 128 Å². The summed E-state index contributed by atoms with van der Waals surface area (Å²) >= 11 is 0. The van der Waals surface area contributed by atoms with Gasteiger partial charge >= 0.3 is 0 Å². The van der Waals surface area contributed by atoms with Crippen LogP contribution >= 0.6 is 0 Å². The molecule has 1 unspecified atom stereocenters. The minimum atomic E-state index is -0.315. The van der Waals surface area contributed by atoms with Crippen molar-refractivity contribution < 1.29 is 5.11 Å². The van der Waals surface area contributed by atoms with Gasteiger partial charge < -0.3 is 15.4 Å². The quantitative estimate of drug-likeness (QED) is 0.773. The standard InChI is InChI=1S/C17H16N4O/c18-9-10-21-16-4-2-1-3-15(16)20-17(21)14(19)11-12-5-7-13(22)8-6-12/h1-8,14,22H,10-11,19H2. The van der Waals surface area contributed by atoms with Crippen LogP contribution in [0.4, 0.5) is 0 Å². The van der Waals surface area contributed by atoms with E-state index >= 15 is 0 Å². The van der Waals surface area contributed by atoms with E-state index in [0.29, 0.717) is 12.2 Å². The number of hydrogen-bond donors (Lipinski definition) is 2. The van der Waals surface area contributed by atoms with Gasteiger partial charge in [0.1, 0.15) is 18.1 Å². The third kappa shape index (κ3) is 2.65. The molecule has 0 radical (unpaired) electrons. The van der Waals surface area contributed by atoms with E-state index in [1.54, 1.807) is 12.1 Å². The van der Waals surface area contributed by atoms with Crippen LogP contribution in [0, 0.1) is 11.3 Å². The second-order valence-corrected chi connectivity index (χ2v) is 5.18. The highest BCUT2D eigenvalue weighted by Gasteiger charge is 2.17. The molecule has 3 rings (SSSR count). The fraction of sp³-hybridized carbons (Fsp3) is 0.176. The number of rotatable bonds is 4. The van der Waals surface area contributed by atoms with Crippen molar-refractivity contribution in [3.63, 3.8) is 0 Å². The van der Waals surface area contributed by atoms with E-state index in [1.165, 1.54) is 0 Å². The van der Waals surface area contributed by atoms with E-state index < -0.39 is 0 Å². The lowest BCUT2D eigenvalue weighted by Crippen LogP contribution is -2.19. The van der Waals surface area contributed by atoms with Crippen molar-refractivity contribution in [2.45, 2.75) is 19.0 Å². The lowest BCUT2D eigenvalue weighted by atomic mass is 10.1. The SMILES string of the molecule is N#CCn1c(C(N)Cc2ccc(O)cc2)nc2ccccc21. The number of hydrogen-bond acceptors (Lipinski definition) is 4. The van der Waals surface area contributed by atoms with Crippen LogP contribution < -0.4 is 5.73 Å². The number of aromatic hydroxyl groups is 1. The lowest BCUT2D eigenvalue weighted by Gasteiger charge is -2.13. The molecule has 5 heteroatoms. The molecule has 2 aromatic carbocycles. The van der Waals surface area contributed by atoms with Crippen LogP contribution in [0.25, 0.3) is 11.0 Å². The Morgan fingerprint density at radius 1 is 1.18 bits per heavy atom. The number of fused-ring (bicyclic) bond motifs is 1. The molecule has 0 bridgehead atoms. The van der Waals surface area contributed by atoms with Gasteiger partial charge in [0.05, 0.1) is 23.1 Å². The maximum absolute atomic E-state index is 9.33. The summed E-state index contributed by atoms with van der Waals surface area (Å²) in [5, 5.41) is 18.4. The second kappa shape index (κ2) is 5.88. The predicted molar refractivity (Wildman–Crippen MR) is 84.1 cm³/mol. The normalized spacial score (nSPS) is 12.2. The topological polar surface area (TPSA) is 87.9 Å². The molecule has 0 saturated heterocycles. The van der Waals surface area contributed by atoms with E-state index in [9.17, 15) is 5.11 Å². The van der Waals surface area contributed by atoms with E-state index in [0.717, 1.165) is 16.6 Å². The highest BCUT2D eigenvalue weighted by atomic mass is 16.3. The molecular formula is C17H16N4O. The third-order valence-electron chi connectivity index (χ3n) is 3.64.